The van der Waals surface area contributed by atoms with E-state index in [1.165, 1.54) is 38.6 Å². The number of nitrogens with zero attached hydrogens (tertiary/aromatic N) is 1. The molecule has 8 atom stereocenters. The van der Waals surface area contributed by atoms with Gasteiger partial charge in [-0.15, -0.1) is 0 Å². The summed E-state index contributed by atoms with van der Waals surface area (Å²) >= 11 is 0. The maximum atomic E-state index is 10.2. The minimum absolute atomic E-state index is 0.344. The van der Waals surface area contributed by atoms with E-state index in [0.717, 1.165) is 24.6 Å². The number of rotatable bonds is 4. The van der Waals surface area contributed by atoms with Crippen molar-refractivity contribution < 1.29 is 14.9 Å². The second-order valence-corrected chi connectivity index (χ2v) is 11.6. The van der Waals surface area contributed by atoms with Gasteiger partial charge in [-0.3, -0.25) is 4.90 Å². The molecule has 0 amide bonds. The van der Waals surface area contributed by atoms with Crippen molar-refractivity contribution in [2.75, 3.05) is 19.7 Å². The summed E-state index contributed by atoms with van der Waals surface area (Å²) in [6, 6.07) is 0.518. The molecule has 0 aromatic heterocycles. The largest absolute Gasteiger partial charge is 0.388 e. The van der Waals surface area contributed by atoms with E-state index in [4.69, 9.17) is 4.74 Å². The van der Waals surface area contributed by atoms with Gasteiger partial charge in [-0.05, 0) is 87.5 Å². The van der Waals surface area contributed by atoms with Crippen LogP contribution < -0.4 is 0 Å². The standard InChI is InChI=1S/C28H45NO3/c1-18(15-29-16-20(3)32-17-19(29)2)24-10-11-25-23(7-6-12-28(24,25)5)9-8-22-13-26(30)21(4)27(31)14-22/h8-9,18-20,24-27,30-31H,4,6-7,10-17H2,1-3,5H3/b23-9+/t18-,19+,20-,24-,25+,26-,27-,28-/m1/s1. The van der Waals surface area contributed by atoms with Crippen LogP contribution in [0.4, 0.5) is 0 Å². The van der Waals surface area contributed by atoms with E-state index in [0.29, 0.717) is 47.8 Å². The summed E-state index contributed by atoms with van der Waals surface area (Å²) < 4.78 is 5.85. The van der Waals surface area contributed by atoms with Gasteiger partial charge in [0.2, 0.25) is 0 Å². The smallest absolute Gasteiger partial charge is 0.0809 e. The summed E-state index contributed by atoms with van der Waals surface area (Å²) in [4.78, 5) is 2.66. The molecule has 0 bridgehead atoms. The average molecular weight is 444 g/mol. The van der Waals surface area contributed by atoms with E-state index in [1.54, 1.807) is 5.57 Å². The summed E-state index contributed by atoms with van der Waals surface area (Å²) in [5.74, 6) is 2.15. The maximum Gasteiger partial charge on any atom is 0.0809 e. The fraction of sp³-hybridized carbons (Fsp3) is 0.786. The van der Waals surface area contributed by atoms with Crippen LogP contribution in [-0.2, 0) is 4.74 Å². The van der Waals surface area contributed by atoms with Crippen molar-refractivity contribution in [1.29, 1.82) is 0 Å². The molecule has 4 aliphatic rings. The van der Waals surface area contributed by atoms with Gasteiger partial charge in [0.1, 0.15) is 0 Å². The van der Waals surface area contributed by atoms with Gasteiger partial charge in [0.05, 0.1) is 24.9 Å². The SMILES string of the molecule is C=C1[C@H](O)CC(=C/C=C2\CCC[C@]3(C)[C@@H]([C@H](C)CN4C[C@@H](C)OC[C@@H]4C)CC[C@@H]23)C[C@H]1O. The van der Waals surface area contributed by atoms with E-state index in [1.807, 2.05) is 0 Å². The molecule has 3 aliphatic carbocycles. The molecular formula is C28H45NO3. The Hall–Kier alpha value is -0.940. The Bertz CT molecular complexity index is 742. The molecule has 4 fully saturated rings. The Labute approximate surface area is 195 Å². The van der Waals surface area contributed by atoms with E-state index in [2.05, 4.69) is 51.3 Å². The van der Waals surface area contributed by atoms with Crippen molar-refractivity contribution in [2.24, 2.45) is 23.2 Å². The third-order valence-electron chi connectivity index (χ3n) is 9.28. The molecule has 3 saturated carbocycles. The van der Waals surface area contributed by atoms with Crippen LogP contribution in [0.3, 0.4) is 0 Å². The molecule has 4 rings (SSSR count). The van der Waals surface area contributed by atoms with Gasteiger partial charge in [-0.1, -0.05) is 43.7 Å². The van der Waals surface area contributed by atoms with E-state index < -0.39 is 12.2 Å². The first kappa shape index (κ1) is 24.2. The van der Waals surface area contributed by atoms with E-state index in [9.17, 15) is 10.2 Å². The van der Waals surface area contributed by atoms with Crippen LogP contribution in [0.5, 0.6) is 0 Å². The minimum atomic E-state index is -0.609. The molecule has 32 heavy (non-hydrogen) atoms. The Kier molecular flexibility index (Phi) is 7.36. The van der Waals surface area contributed by atoms with Crippen molar-refractivity contribution in [2.45, 2.75) is 97.0 Å². The highest BCUT2D eigenvalue weighted by atomic mass is 16.5. The molecule has 1 aliphatic heterocycles. The predicted molar refractivity (Wildman–Crippen MR) is 130 cm³/mol. The van der Waals surface area contributed by atoms with Crippen LogP contribution in [0.25, 0.3) is 0 Å². The Morgan fingerprint density at radius 1 is 1.19 bits per heavy atom. The Balaban J connectivity index is 1.45. The summed E-state index contributed by atoms with van der Waals surface area (Å²) in [7, 11) is 0. The number of ether oxygens (including phenoxy) is 1. The minimum Gasteiger partial charge on any atom is -0.388 e. The van der Waals surface area contributed by atoms with Crippen LogP contribution in [0, 0.1) is 23.2 Å². The predicted octanol–water partition coefficient (Wildman–Crippen LogP) is 4.87. The maximum absolute atomic E-state index is 10.2. The number of morpholine rings is 1. The highest BCUT2D eigenvalue weighted by Gasteiger charge is 2.51. The Morgan fingerprint density at radius 2 is 1.91 bits per heavy atom. The normalized spacial score (nSPS) is 43.4. The van der Waals surface area contributed by atoms with Gasteiger partial charge in [-0.2, -0.15) is 0 Å². The molecule has 0 unspecified atom stereocenters. The number of fused-ring (bicyclic) bond motifs is 1. The molecule has 1 saturated heterocycles. The monoisotopic (exact) mass is 443 g/mol. The highest BCUT2D eigenvalue weighted by Crippen LogP contribution is 2.59. The number of aliphatic hydroxyl groups excluding tert-OH is 2. The summed E-state index contributed by atoms with van der Waals surface area (Å²) in [6.45, 7) is 16.5. The second kappa shape index (κ2) is 9.74. The van der Waals surface area contributed by atoms with Crippen molar-refractivity contribution in [3.8, 4) is 0 Å². The first-order chi connectivity index (χ1) is 15.2. The van der Waals surface area contributed by atoms with Crippen LogP contribution in [-0.4, -0.2) is 59.2 Å². The quantitative estimate of drug-likeness (QED) is 0.609. The molecule has 0 aromatic carbocycles. The average Bonchev–Trinajstić information content (AvgIpc) is 3.10. The van der Waals surface area contributed by atoms with Crippen LogP contribution in [0.15, 0.2) is 35.5 Å². The molecular weight excluding hydrogens is 398 g/mol. The van der Waals surface area contributed by atoms with Gasteiger partial charge in [0, 0.05) is 19.1 Å². The van der Waals surface area contributed by atoms with E-state index in [-0.39, 0.29) is 0 Å². The summed E-state index contributed by atoms with van der Waals surface area (Å²) in [5.41, 5.74) is 3.71. The number of allylic oxidation sites excluding steroid dienone is 3. The van der Waals surface area contributed by atoms with Crippen LogP contribution >= 0.6 is 0 Å². The third kappa shape index (κ3) is 4.80. The van der Waals surface area contributed by atoms with Gasteiger partial charge in [-0.25, -0.2) is 0 Å². The van der Waals surface area contributed by atoms with Crippen molar-refractivity contribution in [3.05, 3.63) is 35.5 Å². The fourth-order valence-corrected chi connectivity index (χ4v) is 7.36. The number of hydrogen-bond acceptors (Lipinski definition) is 4. The number of hydrogen-bond donors (Lipinski definition) is 2. The van der Waals surface area contributed by atoms with Crippen LogP contribution in [0.2, 0.25) is 0 Å². The lowest BCUT2D eigenvalue weighted by atomic mass is 9.61. The van der Waals surface area contributed by atoms with Crippen molar-refractivity contribution >= 4 is 0 Å². The van der Waals surface area contributed by atoms with Crippen LogP contribution in [0.1, 0.15) is 72.6 Å². The van der Waals surface area contributed by atoms with E-state index >= 15 is 0 Å². The topological polar surface area (TPSA) is 52.9 Å². The molecule has 0 spiro atoms. The zero-order valence-corrected chi connectivity index (χ0v) is 20.7. The van der Waals surface area contributed by atoms with Gasteiger partial charge >= 0.3 is 0 Å². The lowest BCUT2D eigenvalue weighted by molar-refractivity contribution is -0.0596. The molecule has 1 heterocycles. The Morgan fingerprint density at radius 3 is 2.62 bits per heavy atom. The first-order valence-electron chi connectivity index (χ1n) is 13.0. The fourth-order valence-electron chi connectivity index (χ4n) is 7.36. The zero-order valence-electron chi connectivity index (χ0n) is 20.7. The molecule has 180 valence electrons. The summed E-state index contributed by atoms with van der Waals surface area (Å²) in [6.07, 6.45) is 11.3. The van der Waals surface area contributed by atoms with Crippen molar-refractivity contribution in [1.82, 2.24) is 4.90 Å². The molecule has 0 radical (unpaired) electrons. The molecule has 4 heteroatoms. The molecule has 4 nitrogen and oxygen atoms in total. The molecule has 0 aromatic rings. The van der Waals surface area contributed by atoms with Gasteiger partial charge < -0.3 is 14.9 Å². The lowest BCUT2D eigenvalue weighted by Gasteiger charge is -2.46. The van der Waals surface area contributed by atoms with Crippen molar-refractivity contribution in [3.63, 3.8) is 0 Å². The first-order valence-corrected chi connectivity index (χ1v) is 13.0. The van der Waals surface area contributed by atoms with Gasteiger partial charge in [0.25, 0.3) is 0 Å². The zero-order chi connectivity index (χ0) is 23.0. The highest BCUT2D eigenvalue weighted by molar-refractivity contribution is 5.29. The molecule has 2 N–H and O–H groups in total. The van der Waals surface area contributed by atoms with Gasteiger partial charge in [0.15, 0.2) is 0 Å². The second-order valence-electron chi connectivity index (χ2n) is 11.6. The lowest BCUT2D eigenvalue weighted by Crippen LogP contribution is -2.50. The third-order valence-corrected chi connectivity index (χ3v) is 9.28. The summed E-state index contributed by atoms with van der Waals surface area (Å²) in [5, 5.41) is 20.4. The number of aliphatic hydroxyl groups is 2.